The first-order valence-corrected chi connectivity index (χ1v) is 20.1. The minimum absolute atomic E-state index is 0.0231. The molecule has 0 unspecified atom stereocenters. The Labute approximate surface area is 353 Å². The van der Waals surface area contributed by atoms with E-state index in [1.54, 1.807) is 31.5 Å². The number of amides is 7. The fourth-order valence-electron chi connectivity index (χ4n) is 6.89. The quantitative estimate of drug-likeness (QED) is 0.102. The van der Waals surface area contributed by atoms with Crippen molar-refractivity contribution in [3.8, 4) is 5.75 Å². The van der Waals surface area contributed by atoms with Gasteiger partial charge in [-0.2, -0.15) is 0 Å². The molecular formula is C41H46N10O9S. The second-order valence-corrected chi connectivity index (χ2v) is 15.2. The highest BCUT2D eigenvalue weighted by Gasteiger charge is 2.31. The van der Waals surface area contributed by atoms with Gasteiger partial charge in [0.2, 0.25) is 29.5 Å². The third kappa shape index (κ3) is 10.2. The number of fused-ring (bicyclic) bond motifs is 4. The van der Waals surface area contributed by atoms with E-state index in [0.29, 0.717) is 27.8 Å². The lowest BCUT2D eigenvalue weighted by Crippen LogP contribution is -2.56. The number of methoxy groups -OCH3 is 1. The van der Waals surface area contributed by atoms with Crippen LogP contribution < -0.4 is 36.6 Å². The van der Waals surface area contributed by atoms with Crippen LogP contribution in [0.3, 0.4) is 0 Å². The molecule has 20 heteroatoms. The van der Waals surface area contributed by atoms with E-state index >= 15 is 0 Å². The molecule has 0 radical (unpaired) electrons. The Kier molecular flexibility index (Phi) is 13.8. The number of thiazole rings is 1. The molecule has 6 rings (SSSR count). The number of aromatic amines is 2. The number of likely N-dealkylation sites (N-methyl/N-ethyl adjacent to an activating group) is 1. The molecule has 3 aromatic heterocycles. The molecule has 0 spiro atoms. The summed E-state index contributed by atoms with van der Waals surface area (Å²) in [6, 6.07) is 7.96. The van der Waals surface area contributed by atoms with Crippen molar-refractivity contribution in [3.05, 3.63) is 94.3 Å². The summed E-state index contributed by atoms with van der Waals surface area (Å²) in [5.74, 6) is -4.74. The Morgan fingerprint density at radius 3 is 2.26 bits per heavy atom. The average molecular weight is 855 g/mol. The minimum Gasteiger partial charge on any atom is -0.496 e. The van der Waals surface area contributed by atoms with Crippen LogP contribution in [0.1, 0.15) is 46.0 Å². The van der Waals surface area contributed by atoms with E-state index in [0.717, 1.165) is 27.1 Å². The summed E-state index contributed by atoms with van der Waals surface area (Å²) in [6.07, 6.45) is 3.39. The van der Waals surface area contributed by atoms with Crippen LogP contribution in [0.15, 0.2) is 72.5 Å². The lowest BCUT2D eigenvalue weighted by atomic mass is 10.0. The number of carbonyl (C=O) groups excluding carboxylic acids is 7. The van der Waals surface area contributed by atoms with Gasteiger partial charge in [0.25, 0.3) is 11.8 Å². The summed E-state index contributed by atoms with van der Waals surface area (Å²) in [4.78, 5) is 106. The largest absolute Gasteiger partial charge is 0.496 e. The molecule has 4 atom stereocenters. The van der Waals surface area contributed by atoms with Crippen LogP contribution in [0.4, 0.5) is 0 Å². The van der Waals surface area contributed by atoms with Crippen LogP contribution in [0, 0.1) is 0 Å². The predicted molar refractivity (Wildman–Crippen MR) is 224 cm³/mol. The molecule has 1 aliphatic rings. The number of nitrogens with one attached hydrogen (secondary N) is 8. The second kappa shape index (κ2) is 19.3. The van der Waals surface area contributed by atoms with Gasteiger partial charge in [-0.25, -0.2) is 4.98 Å². The Hall–Kier alpha value is -7.06. The fourth-order valence-corrected chi connectivity index (χ4v) is 7.73. The van der Waals surface area contributed by atoms with Gasteiger partial charge in [0, 0.05) is 59.5 Å². The van der Waals surface area contributed by atoms with Gasteiger partial charge in [-0.15, -0.1) is 11.3 Å². The topological polar surface area (TPSA) is 269 Å². The van der Waals surface area contributed by atoms with Crippen molar-refractivity contribution >= 4 is 74.5 Å². The summed E-state index contributed by atoms with van der Waals surface area (Å²) in [7, 11) is 2.81. The van der Waals surface area contributed by atoms with Crippen LogP contribution in [-0.2, 0) is 41.6 Å². The molecule has 61 heavy (non-hydrogen) atoms. The van der Waals surface area contributed by atoms with Crippen molar-refractivity contribution in [3.63, 3.8) is 0 Å². The van der Waals surface area contributed by atoms with Gasteiger partial charge >= 0.3 is 0 Å². The van der Waals surface area contributed by atoms with Gasteiger partial charge in [-0.1, -0.05) is 37.8 Å². The smallest absolute Gasteiger partial charge is 0.271 e. The first kappa shape index (κ1) is 43.5. The summed E-state index contributed by atoms with van der Waals surface area (Å²) in [6.45, 7) is 3.52. The molecule has 5 aromatic rings. The minimum atomic E-state index is -1.31. The number of aliphatic hydroxyl groups is 1. The van der Waals surface area contributed by atoms with Crippen LogP contribution in [-0.4, -0.2) is 118 Å². The highest BCUT2D eigenvalue weighted by molar-refractivity contribution is 7.10. The Morgan fingerprint density at radius 2 is 1.51 bits per heavy atom. The number of nitrogens with zero attached hydrogens (tertiary/aromatic N) is 2. The number of ether oxygens (including phenoxy) is 1. The third-order valence-corrected chi connectivity index (χ3v) is 11.0. The SMILES string of the molecule is C=C1NC(=O)[C@H](CC)NC(=O)CNC(=O)[C@@H](Cc2c[nH]c3cccc(OC)c23)NC(=O)[C@H](Cc2c[nH]c3ccccc23)NC(=O)c2csc(n2)[C@H](CO)NC(=O)CN(C)C1=O. The molecule has 4 heterocycles. The number of hydrogen-bond acceptors (Lipinski definition) is 11. The number of para-hydroxylation sites is 1. The highest BCUT2D eigenvalue weighted by atomic mass is 32.1. The normalized spacial score (nSPS) is 20.6. The number of aromatic nitrogens is 3. The van der Waals surface area contributed by atoms with Crippen molar-refractivity contribution in [2.24, 2.45) is 0 Å². The van der Waals surface area contributed by atoms with Crippen molar-refractivity contribution in [1.29, 1.82) is 0 Å². The van der Waals surface area contributed by atoms with Gasteiger partial charge < -0.3 is 56.6 Å². The van der Waals surface area contributed by atoms with Crippen molar-refractivity contribution in [2.75, 3.05) is 33.9 Å². The molecule has 7 amide bonds. The average Bonchev–Trinajstić information content (AvgIpc) is 4.02. The zero-order valence-corrected chi connectivity index (χ0v) is 34.4. The van der Waals surface area contributed by atoms with Crippen LogP contribution in [0.5, 0.6) is 5.75 Å². The van der Waals surface area contributed by atoms with E-state index in [1.807, 2.05) is 30.3 Å². The van der Waals surface area contributed by atoms with Gasteiger partial charge in [0.1, 0.15) is 40.6 Å². The maximum Gasteiger partial charge on any atom is 0.271 e. The zero-order chi connectivity index (χ0) is 43.8. The molecule has 1 aliphatic heterocycles. The Balaban J connectivity index is 1.36. The lowest BCUT2D eigenvalue weighted by Gasteiger charge is -2.24. The third-order valence-electron chi connectivity index (χ3n) is 10.1. The van der Waals surface area contributed by atoms with Crippen molar-refractivity contribution in [2.45, 2.75) is 50.4 Å². The van der Waals surface area contributed by atoms with Crippen molar-refractivity contribution in [1.82, 2.24) is 51.8 Å². The maximum atomic E-state index is 14.5. The molecule has 9 N–H and O–H groups in total. The van der Waals surface area contributed by atoms with E-state index < -0.39 is 85.2 Å². The number of rotatable bonds is 7. The number of benzene rings is 2. The Morgan fingerprint density at radius 1 is 0.820 bits per heavy atom. The van der Waals surface area contributed by atoms with E-state index in [4.69, 9.17) is 4.74 Å². The standard InChI is InChI=1S/C41H46N10O9S/c1-5-25-37(56)45-21(2)41(59)51(3)18-34(54)47-30(19-52)40-50-31(20-61-40)39(58)49-29(13-22-15-42-26-10-7-6-9-24(22)26)38(57)48-28(36(55)44-17-33(53)46-25)14-23-16-43-27-11-8-12-32(60-4)35(23)27/h6-12,15-16,20,25,28-30,42-43,52H,2,5,13-14,17-19H2,1,3-4H3,(H,44,55)(H,45,56)(H,46,53)(H,47,54)(H,48,57)(H,49,58)/t25-,28+,29-,30-/m0/s1. The molecular weight excluding hydrogens is 809 g/mol. The zero-order valence-electron chi connectivity index (χ0n) is 33.5. The number of carbonyl (C=O) groups is 7. The molecule has 0 aliphatic carbocycles. The molecule has 0 saturated carbocycles. The molecule has 0 saturated heterocycles. The van der Waals surface area contributed by atoms with Gasteiger partial charge in [0.15, 0.2) is 0 Å². The lowest BCUT2D eigenvalue weighted by molar-refractivity contribution is -0.134. The monoisotopic (exact) mass is 854 g/mol. The summed E-state index contributed by atoms with van der Waals surface area (Å²) in [5, 5.41) is 28.8. The Bertz CT molecular complexity index is 2490. The van der Waals surface area contributed by atoms with Gasteiger partial charge in [-0.3, -0.25) is 33.6 Å². The van der Waals surface area contributed by atoms with Gasteiger partial charge in [-0.05, 0) is 35.7 Å². The number of aliphatic hydroxyl groups excluding tert-OH is 1. The van der Waals surface area contributed by atoms with Gasteiger partial charge in [0.05, 0.1) is 32.5 Å². The highest BCUT2D eigenvalue weighted by Crippen LogP contribution is 2.29. The summed E-state index contributed by atoms with van der Waals surface area (Å²) < 4.78 is 5.59. The molecule has 320 valence electrons. The predicted octanol–water partition coefficient (Wildman–Crippen LogP) is 0.445. The fraction of sp³-hybridized carbons (Fsp3) is 0.317. The molecule has 2 bridgehead atoms. The van der Waals surface area contributed by atoms with Crippen molar-refractivity contribution < 1.29 is 43.4 Å². The number of hydrogen-bond donors (Lipinski definition) is 9. The van der Waals surface area contributed by atoms with Crippen LogP contribution in [0.2, 0.25) is 0 Å². The number of H-pyrrole nitrogens is 2. The maximum absolute atomic E-state index is 14.5. The second-order valence-electron chi connectivity index (χ2n) is 14.3. The van der Waals surface area contributed by atoms with E-state index in [9.17, 15) is 38.7 Å². The first-order chi connectivity index (χ1) is 29.3. The van der Waals surface area contributed by atoms with Crippen LogP contribution in [0.25, 0.3) is 21.8 Å². The van der Waals surface area contributed by atoms with Crippen LogP contribution >= 0.6 is 11.3 Å². The molecule has 2 aromatic carbocycles. The summed E-state index contributed by atoms with van der Waals surface area (Å²) >= 11 is 0.975. The summed E-state index contributed by atoms with van der Waals surface area (Å²) in [5.41, 5.74) is 2.30. The first-order valence-electron chi connectivity index (χ1n) is 19.3. The van der Waals surface area contributed by atoms with E-state index in [2.05, 4.69) is 53.4 Å². The van der Waals surface area contributed by atoms with E-state index in [-0.39, 0.29) is 35.7 Å². The van der Waals surface area contributed by atoms with E-state index in [1.165, 1.54) is 19.5 Å². The molecule has 19 nitrogen and oxygen atoms in total. The molecule has 0 fully saturated rings.